The number of fused-ring (bicyclic) bond motifs is 1. The number of carbonyl (C=O) groups is 2. The third kappa shape index (κ3) is 3.53. The quantitative estimate of drug-likeness (QED) is 0.799. The van der Waals surface area contributed by atoms with Crippen molar-refractivity contribution in [3.05, 3.63) is 59.7 Å². The Hall–Kier alpha value is -2.71. The fourth-order valence-corrected chi connectivity index (χ4v) is 5.40. The van der Waals surface area contributed by atoms with E-state index in [9.17, 15) is 18.0 Å². The first-order valence-electron chi connectivity index (χ1n) is 9.21. The SMILES string of the molecule is O=C1Cc2cc(S(=O)(=O)N3CCC[C@@H]3C(=O)NCc3ccccc3)ccc2N1. The zero-order chi connectivity index (χ0) is 19.7. The number of benzene rings is 2. The first-order valence-corrected chi connectivity index (χ1v) is 10.7. The van der Waals surface area contributed by atoms with Crippen molar-refractivity contribution in [1.29, 1.82) is 0 Å². The smallest absolute Gasteiger partial charge is 0.243 e. The molecule has 0 bridgehead atoms. The highest BCUT2D eigenvalue weighted by Crippen LogP contribution is 2.30. The van der Waals surface area contributed by atoms with E-state index in [1.807, 2.05) is 30.3 Å². The molecule has 1 saturated heterocycles. The van der Waals surface area contributed by atoms with E-state index in [1.165, 1.54) is 16.4 Å². The summed E-state index contributed by atoms with van der Waals surface area (Å²) in [5.74, 6) is -0.438. The number of anilines is 1. The molecule has 0 aromatic heterocycles. The van der Waals surface area contributed by atoms with Gasteiger partial charge in [0.15, 0.2) is 0 Å². The second kappa shape index (κ2) is 7.37. The van der Waals surface area contributed by atoms with E-state index in [2.05, 4.69) is 10.6 Å². The molecule has 0 unspecified atom stereocenters. The first-order chi connectivity index (χ1) is 13.4. The Morgan fingerprint density at radius 3 is 2.75 bits per heavy atom. The first kappa shape index (κ1) is 18.6. The number of hydrogen-bond acceptors (Lipinski definition) is 4. The molecule has 7 nitrogen and oxygen atoms in total. The van der Waals surface area contributed by atoms with Crippen LogP contribution < -0.4 is 10.6 Å². The molecule has 2 aromatic rings. The summed E-state index contributed by atoms with van der Waals surface area (Å²) in [7, 11) is -3.82. The van der Waals surface area contributed by atoms with Crippen molar-refractivity contribution in [3.8, 4) is 0 Å². The van der Waals surface area contributed by atoms with Gasteiger partial charge in [-0.3, -0.25) is 9.59 Å². The topological polar surface area (TPSA) is 95.6 Å². The average Bonchev–Trinajstić information content (AvgIpc) is 3.32. The molecule has 2 N–H and O–H groups in total. The number of amides is 2. The maximum absolute atomic E-state index is 13.1. The van der Waals surface area contributed by atoms with Crippen LogP contribution in [-0.4, -0.2) is 37.1 Å². The van der Waals surface area contributed by atoms with Crippen molar-refractivity contribution in [3.63, 3.8) is 0 Å². The molecule has 1 atom stereocenters. The molecule has 8 heteroatoms. The maximum atomic E-state index is 13.1. The second-order valence-electron chi connectivity index (χ2n) is 7.02. The van der Waals surface area contributed by atoms with Crippen LogP contribution in [0.4, 0.5) is 5.69 Å². The van der Waals surface area contributed by atoms with E-state index < -0.39 is 16.1 Å². The highest BCUT2D eigenvalue weighted by atomic mass is 32.2. The van der Waals surface area contributed by atoms with Crippen LogP contribution in [0.1, 0.15) is 24.0 Å². The largest absolute Gasteiger partial charge is 0.351 e. The third-order valence-electron chi connectivity index (χ3n) is 5.12. The van der Waals surface area contributed by atoms with Crippen molar-refractivity contribution < 1.29 is 18.0 Å². The fourth-order valence-electron chi connectivity index (χ4n) is 3.69. The lowest BCUT2D eigenvalue weighted by molar-refractivity contribution is -0.124. The molecule has 4 rings (SSSR count). The molecule has 2 aliphatic heterocycles. The van der Waals surface area contributed by atoms with Crippen LogP contribution in [0.25, 0.3) is 0 Å². The van der Waals surface area contributed by atoms with Gasteiger partial charge in [0.25, 0.3) is 0 Å². The molecule has 2 aliphatic rings. The van der Waals surface area contributed by atoms with Gasteiger partial charge in [-0.15, -0.1) is 0 Å². The molecular formula is C20H21N3O4S. The minimum Gasteiger partial charge on any atom is -0.351 e. The summed E-state index contributed by atoms with van der Waals surface area (Å²) < 4.78 is 27.6. The summed E-state index contributed by atoms with van der Waals surface area (Å²) in [6.07, 6.45) is 1.29. The Labute approximate surface area is 163 Å². The van der Waals surface area contributed by atoms with E-state index in [-0.39, 0.29) is 23.1 Å². The number of carbonyl (C=O) groups excluding carboxylic acids is 2. The van der Waals surface area contributed by atoms with E-state index >= 15 is 0 Å². The standard InChI is InChI=1S/C20H21N3O4S/c24-19-12-15-11-16(8-9-17(15)22-19)28(26,27)23-10-4-7-18(23)20(25)21-13-14-5-2-1-3-6-14/h1-3,5-6,8-9,11,18H,4,7,10,12-13H2,(H,21,25)(H,22,24)/t18-/m1/s1. The minimum atomic E-state index is -3.82. The van der Waals surface area contributed by atoms with Gasteiger partial charge < -0.3 is 10.6 Å². The van der Waals surface area contributed by atoms with Crippen LogP contribution >= 0.6 is 0 Å². The Morgan fingerprint density at radius 1 is 1.18 bits per heavy atom. The van der Waals surface area contributed by atoms with Gasteiger partial charge in [0.1, 0.15) is 6.04 Å². The molecule has 28 heavy (non-hydrogen) atoms. The summed E-state index contributed by atoms with van der Waals surface area (Å²) in [5.41, 5.74) is 2.26. The number of nitrogens with one attached hydrogen (secondary N) is 2. The van der Waals surface area contributed by atoms with Gasteiger partial charge in [0.05, 0.1) is 11.3 Å². The monoisotopic (exact) mass is 399 g/mol. The summed E-state index contributed by atoms with van der Waals surface area (Å²) in [6.45, 7) is 0.663. The van der Waals surface area contributed by atoms with E-state index in [0.29, 0.717) is 37.2 Å². The predicted molar refractivity (Wildman–Crippen MR) is 104 cm³/mol. The number of hydrogen-bond donors (Lipinski definition) is 2. The van der Waals surface area contributed by atoms with Crippen molar-refractivity contribution in [1.82, 2.24) is 9.62 Å². The molecule has 0 aliphatic carbocycles. The lowest BCUT2D eigenvalue weighted by Gasteiger charge is -2.23. The molecule has 0 saturated carbocycles. The highest BCUT2D eigenvalue weighted by Gasteiger charge is 2.39. The van der Waals surface area contributed by atoms with E-state index in [1.54, 1.807) is 6.07 Å². The van der Waals surface area contributed by atoms with E-state index in [0.717, 1.165) is 5.56 Å². The molecule has 2 amide bonds. The Balaban J connectivity index is 1.51. The molecule has 0 radical (unpaired) electrons. The van der Waals surface area contributed by atoms with Crippen LogP contribution in [-0.2, 0) is 32.6 Å². The highest BCUT2D eigenvalue weighted by molar-refractivity contribution is 7.89. The Bertz CT molecular complexity index is 1020. The van der Waals surface area contributed by atoms with Gasteiger partial charge in [0.2, 0.25) is 21.8 Å². The van der Waals surface area contributed by atoms with Crippen LogP contribution in [0.5, 0.6) is 0 Å². The zero-order valence-corrected chi connectivity index (χ0v) is 16.0. The third-order valence-corrected chi connectivity index (χ3v) is 7.03. The maximum Gasteiger partial charge on any atom is 0.243 e. The number of sulfonamides is 1. The normalized spacial score (nSPS) is 19.3. The number of nitrogens with zero attached hydrogens (tertiary/aromatic N) is 1. The Kier molecular flexibility index (Phi) is 4.91. The second-order valence-corrected chi connectivity index (χ2v) is 8.91. The van der Waals surface area contributed by atoms with Crippen molar-refractivity contribution >= 4 is 27.5 Å². The van der Waals surface area contributed by atoms with Crippen LogP contribution in [0.15, 0.2) is 53.4 Å². The predicted octanol–water partition coefficient (Wildman–Crippen LogP) is 1.65. The molecule has 2 heterocycles. The lowest BCUT2D eigenvalue weighted by atomic mass is 10.2. The summed E-state index contributed by atoms with van der Waals surface area (Å²) in [5, 5.41) is 5.54. The van der Waals surface area contributed by atoms with Gasteiger partial charge in [-0.25, -0.2) is 8.42 Å². The lowest BCUT2D eigenvalue weighted by Crippen LogP contribution is -2.45. The summed E-state index contributed by atoms with van der Waals surface area (Å²) in [6, 6.07) is 13.4. The summed E-state index contributed by atoms with van der Waals surface area (Å²) >= 11 is 0. The molecule has 1 fully saturated rings. The van der Waals surface area contributed by atoms with Crippen molar-refractivity contribution in [2.24, 2.45) is 0 Å². The fraction of sp³-hybridized carbons (Fsp3) is 0.300. The molecule has 0 spiro atoms. The van der Waals surface area contributed by atoms with Gasteiger partial charge in [-0.05, 0) is 42.2 Å². The van der Waals surface area contributed by atoms with Crippen molar-refractivity contribution in [2.45, 2.75) is 36.7 Å². The van der Waals surface area contributed by atoms with Gasteiger partial charge in [-0.2, -0.15) is 4.31 Å². The average molecular weight is 399 g/mol. The van der Waals surface area contributed by atoms with Crippen LogP contribution in [0.2, 0.25) is 0 Å². The minimum absolute atomic E-state index is 0.116. The van der Waals surface area contributed by atoms with Gasteiger partial charge >= 0.3 is 0 Å². The molecule has 2 aromatic carbocycles. The summed E-state index contributed by atoms with van der Waals surface area (Å²) in [4.78, 5) is 24.3. The number of rotatable bonds is 5. The van der Waals surface area contributed by atoms with E-state index in [4.69, 9.17) is 0 Å². The zero-order valence-electron chi connectivity index (χ0n) is 15.2. The van der Waals surface area contributed by atoms with Crippen molar-refractivity contribution in [2.75, 3.05) is 11.9 Å². The molecular weight excluding hydrogens is 378 g/mol. The van der Waals surface area contributed by atoms with Crippen LogP contribution in [0, 0.1) is 0 Å². The molecule has 146 valence electrons. The van der Waals surface area contributed by atoms with Gasteiger partial charge in [-0.1, -0.05) is 30.3 Å². The Morgan fingerprint density at radius 2 is 1.96 bits per heavy atom. The van der Waals surface area contributed by atoms with Crippen LogP contribution in [0.3, 0.4) is 0 Å². The van der Waals surface area contributed by atoms with Gasteiger partial charge in [0, 0.05) is 18.8 Å².